The molecule has 0 amide bonds. The molecule has 1 aromatic heterocycles. The summed E-state index contributed by atoms with van der Waals surface area (Å²) in [6, 6.07) is 5.76. The van der Waals surface area contributed by atoms with Crippen LogP contribution in [0.4, 0.5) is 0 Å². The lowest BCUT2D eigenvalue weighted by molar-refractivity contribution is 0.278. The zero-order valence-corrected chi connectivity index (χ0v) is 13.3. The van der Waals surface area contributed by atoms with Crippen LogP contribution in [0, 0.1) is 0 Å². The first-order chi connectivity index (χ1) is 9.29. The highest BCUT2D eigenvalue weighted by molar-refractivity contribution is 7.90. The fraction of sp³-hybridized carbons (Fsp3) is 0.467. The molecule has 20 heavy (non-hydrogen) atoms. The molecule has 0 saturated carbocycles. The number of H-pyrrole nitrogens is 1. The summed E-state index contributed by atoms with van der Waals surface area (Å²) in [4.78, 5) is 5.86. The summed E-state index contributed by atoms with van der Waals surface area (Å²) < 4.78 is 23.3. The van der Waals surface area contributed by atoms with Crippen LogP contribution in [-0.2, 0) is 16.3 Å². The van der Waals surface area contributed by atoms with E-state index in [1.54, 1.807) is 12.1 Å². The van der Waals surface area contributed by atoms with Crippen molar-refractivity contribution in [2.45, 2.75) is 31.2 Å². The normalized spacial score (nSPS) is 12.7. The molecule has 0 unspecified atom stereocenters. The van der Waals surface area contributed by atoms with Crippen molar-refractivity contribution in [2.75, 3.05) is 19.8 Å². The molecule has 0 aliphatic rings. The number of aromatic amines is 1. The molecule has 0 radical (unpaired) electrons. The summed E-state index contributed by atoms with van der Waals surface area (Å²) in [6.07, 6.45) is 4.12. The Labute approximate surface area is 120 Å². The van der Waals surface area contributed by atoms with E-state index in [0.29, 0.717) is 10.9 Å². The summed E-state index contributed by atoms with van der Waals surface area (Å²) in [6.45, 7) is 5.28. The number of sulfone groups is 1. The van der Waals surface area contributed by atoms with Crippen LogP contribution >= 0.6 is 0 Å². The summed E-state index contributed by atoms with van der Waals surface area (Å²) in [7, 11) is -1.06. The van der Waals surface area contributed by atoms with E-state index in [4.69, 9.17) is 0 Å². The van der Waals surface area contributed by atoms with Gasteiger partial charge >= 0.3 is 0 Å². The monoisotopic (exact) mass is 294 g/mol. The molecule has 2 rings (SSSR count). The molecule has 110 valence electrons. The fourth-order valence-electron chi connectivity index (χ4n) is 2.15. The molecule has 0 atom stereocenters. The van der Waals surface area contributed by atoms with Gasteiger partial charge in [-0.15, -0.1) is 0 Å². The van der Waals surface area contributed by atoms with Crippen molar-refractivity contribution >= 4 is 20.7 Å². The highest BCUT2D eigenvalue weighted by Gasteiger charge is 2.11. The maximum Gasteiger partial charge on any atom is 0.175 e. The van der Waals surface area contributed by atoms with Crippen molar-refractivity contribution in [3.63, 3.8) is 0 Å². The molecule has 4 nitrogen and oxygen atoms in total. The van der Waals surface area contributed by atoms with Gasteiger partial charge in [-0.25, -0.2) is 8.42 Å². The Morgan fingerprint density at radius 1 is 1.30 bits per heavy atom. The lowest BCUT2D eigenvalue weighted by Crippen LogP contribution is -2.28. The SMILES string of the molecule is CC(C)N(C)CCc1c[nH]c2ccc(S(C)(=O)=O)cc12. The Hall–Kier alpha value is -1.33. The average molecular weight is 294 g/mol. The van der Waals surface area contributed by atoms with Gasteiger partial charge in [-0.3, -0.25) is 0 Å². The first-order valence-electron chi connectivity index (χ1n) is 6.79. The molecule has 0 spiro atoms. The van der Waals surface area contributed by atoms with Gasteiger partial charge < -0.3 is 9.88 Å². The molecule has 0 aliphatic carbocycles. The van der Waals surface area contributed by atoms with Crippen molar-refractivity contribution in [1.29, 1.82) is 0 Å². The van der Waals surface area contributed by atoms with Crippen LogP contribution in [0.2, 0.25) is 0 Å². The number of hydrogen-bond acceptors (Lipinski definition) is 3. The summed E-state index contributed by atoms with van der Waals surface area (Å²) in [5.41, 5.74) is 2.15. The molecule has 5 heteroatoms. The minimum absolute atomic E-state index is 0.378. The second kappa shape index (κ2) is 5.58. The van der Waals surface area contributed by atoms with Gasteiger partial charge in [0.2, 0.25) is 0 Å². The van der Waals surface area contributed by atoms with E-state index in [2.05, 4.69) is 30.8 Å². The molecule has 0 bridgehead atoms. The van der Waals surface area contributed by atoms with Crippen molar-refractivity contribution in [1.82, 2.24) is 9.88 Å². The van der Waals surface area contributed by atoms with Gasteiger partial charge in [0, 0.05) is 35.9 Å². The van der Waals surface area contributed by atoms with Crippen LogP contribution < -0.4 is 0 Å². The molecular weight excluding hydrogens is 272 g/mol. The van der Waals surface area contributed by atoms with Gasteiger partial charge in [0.15, 0.2) is 9.84 Å². The highest BCUT2D eigenvalue weighted by Crippen LogP contribution is 2.22. The smallest absolute Gasteiger partial charge is 0.175 e. The molecular formula is C15H22N2O2S. The van der Waals surface area contributed by atoms with E-state index in [1.165, 1.54) is 6.26 Å². The van der Waals surface area contributed by atoms with E-state index in [-0.39, 0.29) is 0 Å². The van der Waals surface area contributed by atoms with E-state index in [9.17, 15) is 8.42 Å². The summed E-state index contributed by atoms with van der Waals surface area (Å²) in [5.74, 6) is 0. The second-order valence-electron chi connectivity index (χ2n) is 5.62. The maximum absolute atomic E-state index is 11.6. The van der Waals surface area contributed by atoms with Crippen LogP contribution in [0.3, 0.4) is 0 Å². The predicted molar refractivity (Wildman–Crippen MR) is 82.9 cm³/mol. The minimum atomic E-state index is -3.16. The summed E-state index contributed by atoms with van der Waals surface area (Å²) in [5, 5.41) is 1.00. The Morgan fingerprint density at radius 3 is 2.60 bits per heavy atom. The topological polar surface area (TPSA) is 53.2 Å². The lowest BCUT2D eigenvalue weighted by atomic mass is 10.1. The number of nitrogens with one attached hydrogen (secondary N) is 1. The van der Waals surface area contributed by atoms with E-state index in [1.807, 2.05) is 12.3 Å². The Kier molecular flexibility index (Phi) is 4.20. The van der Waals surface area contributed by atoms with Crippen molar-refractivity contribution in [3.8, 4) is 0 Å². The van der Waals surface area contributed by atoms with Gasteiger partial charge in [0.1, 0.15) is 0 Å². The first-order valence-corrected chi connectivity index (χ1v) is 8.68. The minimum Gasteiger partial charge on any atom is -0.361 e. The Balaban J connectivity index is 2.30. The number of fused-ring (bicyclic) bond motifs is 1. The predicted octanol–water partition coefficient (Wildman–Crippen LogP) is 2.45. The van der Waals surface area contributed by atoms with Crippen LogP contribution in [0.5, 0.6) is 0 Å². The van der Waals surface area contributed by atoms with Crippen molar-refractivity contribution in [2.24, 2.45) is 0 Å². The first kappa shape index (κ1) is 15.1. The molecule has 1 aromatic carbocycles. The zero-order chi connectivity index (χ0) is 14.9. The average Bonchev–Trinajstić information content (AvgIpc) is 2.77. The van der Waals surface area contributed by atoms with Gasteiger partial charge in [-0.1, -0.05) is 0 Å². The Morgan fingerprint density at radius 2 is 2.00 bits per heavy atom. The van der Waals surface area contributed by atoms with Gasteiger partial charge in [0.25, 0.3) is 0 Å². The van der Waals surface area contributed by atoms with Crippen LogP contribution in [0.25, 0.3) is 10.9 Å². The third-order valence-corrected chi connectivity index (χ3v) is 4.89. The van der Waals surface area contributed by atoms with E-state index < -0.39 is 9.84 Å². The van der Waals surface area contributed by atoms with Gasteiger partial charge in [0.05, 0.1) is 4.90 Å². The summed E-state index contributed by atoms with van der Waals surface area (Å²) >= 11 is 0. The molecule has 1 N–H and O–H groups in total. The van der Waals surface area contributed by atoms with Crippen molar-refractivity contribution in [3.05, 3.63) is 30.0 Å². The third-order valence-electron chi connectivity index (χ3n) is 3.78. The number of likely N-dealkylation sites (N-methyl/N-ethyl adjacent to an activating group) is 1. The second-order valence-corrected chi connectivity index (χ2v) is 7.63. The van der Waals surface area contributed by atoms with E-state index >= 15 is 0 Å². The highest BCUT2D eigenvalue weighted by atomic mass is 32.2. The van der Waals surface area contributed by atoms with Crippen LogP contribution in [0.1, 0.15) is 19.4 Å². The maximum atomic E-state index is 11.6. The standard InChI is InChI=1S/C15H22N2O2S/c1-11(2)17(3)8-7-12-10-16-15-6-5-13(9-14(12)15)20(4,18)19/h5-6,9-11,16H,7-8H2,1-4H3. The molecule has 0 fully saturated rings. The Bertz CT molecular complexity index is 702. The lowest BCUT2D eigenvalue weighted by Gasteiger charge is -2.20. The molecule has 0 saturated heterocycles. The number of benzene rings is 1. The number of nitrogens with zero attached hydrogens (tertiary/aromatic N) is 1. The fourth-order valence-corrected chi connectivity index (χ4v) is 2.80. The third kappa shape index (κ3) is 3.22. The van der Waals surface area contributed by atoms with Crippen LogP contribution in [0.15, 0.2) is 29.3 Å². The van der Waals surface area contributed by atoms with Crippen molar-refractivity contribution < 1.29 is 8.42 Å². The number of rotatable bonds is 5. The molecule has 0 aliphatic heterocycles. The number of aromatic nitrogens is 1. The largest absolute Gasteiger partial charge is 0.361 e. The van der Waals surface area contributed by atoms with Crippen LogP contribution in [-0.4, -0.2) is 44.2 Å². The zero-order valence-electron chi connectivity index (χ0n) is 12.5. The number of hydrogen-bond donors (Lipinski definition) is 1. The van der Waals surface area contributed by atoms with Gasteiger partial charge in [-0.2, -0.15) is 0 Å². The molecule has 2 aromatic rings. The van der Waals surface area contributed by atoms with Gasteiger partial charge in [-0.05, 0) is 51.1 Å². The van der Waals surface area contributed by atoms with E-state index in [0.717, 1.165) is 29.4 Å². The molecule has 1 heterocycles. The quantitative estimate of drug-likeness (QED) is 0.921.